The van der Waals surface area contributed by atoms with Crippen molar-refractivity contribution in [1.82, 2.24) is 5.32 Å². The van der Waals surface area contributed by atoms with Crippen molar-refractivity contribution >= 4 is 23.5 Å². The third-order valence-corrected chi connectivity index (χ3v) is 2.75. The van der Waals surface area contributed by atoms with Crippen LogP contribution in [-0.2, 0) is 0 Å². The Bertz CT molecular complexity index is 636. The van der Waals surface area contributed by atoms with Crippen molar-refractivity contribution in [3.05, 3.63) is 60.3 Å². The maximum Gasteiger partial charge on any atom is 0.323 e. The third kappa shape index (κ3) is 4.58. The van der Waals surface area contributed by atoms with Gasteiger partial charge >= 0.3 is 6.03 Å². The summed E-state index contributed by atoms with van der Waals surface area (Å²) in [6, 6.07) is 14.1. The number of nitrogens with one attached hydrogen (secondary N) is 2. The summed E-state index contributed by atoms with van der Waals surface area (Å²) in [6.07, 6.45) is 3.35. The van der Waals surface area contributed by atoms with E-state index >= 15 is 0 Å². The number of hydrogen-bond donors (Lipinski definition) is 3. The van der Waals surface area contributed by atoms with Gasteiger partial charge in [0.1, 0.15) is 5.75 Å². The molecule has 0 fully saturated rings. The van der Waals surface area contributed by atoms with Crippen molar-refractivity contribution in [3.63, 3.8) is 0 Å². The van der Waals surface area contributed by atoms with Crippen LogP contribution in [0, 0.1) is 0 Å². The van der Waals surface area contributed by atoms with E-state index in [1.54, 1.807) is 43.7 Å². The van der Waals surface area contributed by atoms with E-state index in [1.807, 2.05) is 24.3 Å². The minimum atomic E-state index is -0.320. The molecule has 0 bridgehead atoms. The Kier molecular flexibility index (Phi) is 4.82. The monoisotopic (exact) mass is 283 g/mol. The fraction of sp³-hybridized carbons (Fsp3) is 0.0625. The quantitative estimate of drug-likeness (QED) is 0.755. The summed E-state index contributed by atoms with van der Waals surface area (Å²) in [7, 11) is 1.61. The Balaban J connectivity index is 1.88. The summed E-state index contributed by atoms with van der Waals surface area (Å²) in [5, 5.41) is 5.33. The lowest BCUT2D eigenvalue weighted by Crippen LogP contribution is -2.23. The first kappa shape index (κ1) is 14.5. The lowest BCUT2D eigenvalue weighted by atomic mass is 10.2. The molecule has 21 heavy (non-hydrogen) atoms. The van der Waals surface area contributed by atoms with Crippen molar-refractivity contribution in [3.8, 4) is 5.75 Å². The molecule has 0 radical (unpaired) electrons. The molecule has 2 aromatic rings. The summed E-state index contributed by atoms with van der Waals surface area (Å²) in [5.41, 5.74) is 7.84. The molecule has 0 unspecified atom stereocenters. The molecule has 2 aromatic carbocycles. The first-order valence-electron chi connectivity index (χ1n) is 6.41. The average Bonchev–Trinajstić information content (AvgIpc) is 2.50. The number of urea groups is 1. The van der Waals surface area contributed by atoms with Gasteiger partial charge in [-0.25, -0.2) is 4.79 Å². The topological polar surface area (TPSA) is 76.4 Å². The summed E-state index contributed by atoms with van der Waals surface area (Å²) in [5.74, 6) is 0.767. The van der Waals surface area contributed by atoms with Crippen LogP contribution in [0.1, 0.15) is 5.56 Å². The van der Waals surface area contributed by atoms with Crippen LogP contribution in [0.5, 0.6) is 5.75 Å². The zero-order chi connectivity index (χ0) is 15.1. The molecule has 5 nitrogen and oxygen atoms in total. The van der Waals surface area contributed by atoms with Gasteiger partial charge in [0, 0.05) is 17.6 Å². The molecule has 108 valence electrons. The van der Waals surface area contributed by atoms with Crippen molar-refractivity contribution < 1.29 is 9.53 Å². The van der Waals surface area contributed by atoms with E-state index in [0.717, 1.165) is 11.3 Å². The van der Waals surface area contributed by atoms with Gasteiger partial charge in [-0.05, 0) is 48.0 Å². The van der Waals surface area contributed by atoms with E-state index in [0.29, 0.717) is 11.4 Å². The van der Waals surface area contributed by atoms with Crippen LogP contribution in [-0.4, -0.2) is 13.1 Å². The Morgan fingerprint density at radius 1 is 1.19 bits per heavy atom. The van der Waals surface area contributed by atoms with Crippen LogP contribution in [0.4, 0.5) is 16.2 Å². The fourth-order valence-electron chi connectivity index (χ4n) is 1.69. The zero-order valence-corrected chi connectivity index (χ0v) is 11.7. The van der Waals surface area contributed by atoms with E-state index in [1.165, 1.54) is 0 Å². The molecular formula is C16H17N3O2. The number of amides is 2. The molecule has 0 aliphatic rings. The lowest BCUT2D eigenvalue weighted by molar-refractivity contribution is 0.255. The van der Waals surface area contributed by atoms with Gasteiger partial charge in [-0.15, -0.1) is 0 Å². The van der Waals surface area contributed by atoms with Crippen molar-refractivity contribution in [2.75, 3.05) is 18.2 Å². The first-order valence-corrected chi connectivity index (χ1v) is 6.41. The molecule has 0 saturated heterocycles. The number of rotatable bonds is 4. The maximum absolute atomic E-state index is 11.7. The molecule has 0 spiro atoms. The highest BCUT2D eigenvalue weighted by molar-refractivity contribution is 5.90. The smallest absolute Gasteiger partial charge is 0.323 e. The number of nitrogen functional groups attached to an aromatic ring is 1. The average molecular weight is 283 g/mol. The number of carbonyl (C=O) groups is 1. The van der Waals surface area contributed by atoms with Crippen molar-refractivity contribution in [1.29, 1.82) is 0 Å². The highest BCUT2D eigenvalue weighted by atomic mass is 16.5. The van der Waals surface area contributed by atoms with Crippen molar-refractivity contribution in [2.24, 2.45) is 0 Å². The molecule has 4 N–H and O–H groups in total. The Hall–Kier alpha value is -2.95. The van der Waals surface area contributed by atoms with E-state index in [4.69, 9.17) is 10.5 Å². The first-order chi connectivity index (χ1) is 10.2. The van der Waals surface area contributed by atoms with Gasteiger partial charge in [0.2, 0.25) is 0 Å². The number of benzene rings is 2. The zero-order valence-electron chi connectivity index (χ0n) is 11.7. The number of ether oxygens (including phenoxy) is 1. The van der Waals surface area contributed by atoms with Gasteiger partial charge in [0.15, 0.2) is 0 Å². The lowest BCUT2D eigenvalue weighted by Gasteiger charge is -2.05. The molecule has 2 rings (SSSR count). The molecule has 5 heteroatoms. The highest BCUT2D eigenvalue weighted by Gasteiger charge is 1.98. The highest BCUT2D eigenvalue weighted by Crippen LogP contribution is 2.13. The molecule has 0 saturated carbocycles. The van der Waals surface area contributed by atoms with Gasteiger partial charge < -0.3 is 21.1 Å². The SMILES string of the molecule is COc1cccc(/C=C/NC(=O)Nc2ccc(N)cc2)c1. The summed E-state index contributed by atoms with van der Waals surface area (Å²) >= 11 is 0. The van der Waals surface area contributed by atoms with E-state index in [-0.39, 0.29) is 6.03 Å². The predicted molar refractivity (Wildman–Crippen MR) is 85.0 cm³/mol. The van der Waals surface area contributed by atoms with Crippen molar-refractivity contribution in [2.45, 2.75) is 0 Å². The van der Waals surface area contributed by atoms with E-state index in [9.17, 15) is 4.79 Å². The second kappa shape index (κ2) is 7.00. The number of methoxy groups -OCH3 is 1. The number of carbonyl (C=O) groups excluding carboxylic acids is 1. The molecule has 0 heterocycles. The summed E-state index contributed by atoms with van der Waals surface area (Å²) < 4.78 is 5.13. The van der Waals surface area contributed by atoms with E-state index < -0.39 is 0 Å². The molecule has 0 aromatic heterocycles. The Morgan fingerprint density at radius 2 is 1.95 bits per heavy atom. The van der Waals surface area contributed by atoms with Gasteiger partial charge in [0.05, 0.1) is 7.11 Å². The van der Waals surface area contributed by atoms with Crippen LogP contribution in [0.2, 0.25) is 0 Å². The summed E-state index contributed by atoms with van der Waals surface area (Å²) in [6.45, 7) is 0. The normalized spacial score (nSPS) is 10.3. The van der Waals surface area contributed by atoms with E-state index in [2.05, 4.69) is 10.6 Å². The number of anilines is 2. The van der Waals surface area contributed by atoms with Crippen LogP contribution in [0.25, 0.3) is 6.08 Å². The second-order valence-corrected chi connectivity index (χ2v) is 4.33. The Morgan fingerprint density at radius 3 is 2.67 bits per heavy atom. The number of nitrogens with two attached hydrogens (primary N) is 1. The standard InChI is InChI=1S/C16H17N3O2/c1-21-15-4-2-3-12(11-15)9-10-18-16(20)19-14-7-5-13(17)6-8-14/h2-11H,17H2,1H3,(H2,18,19,20)/b10-9+. The van der Waals surface area contributed by atoms with Gasteiger partial charge in [-0.3, -0.25) is 0 Å². The Labute approximate surface area is 123 Å². The molecule has 0 aliphatic carbocycles. The number of hydrogen-bond acceptors (Lipinski definition) is 3. The summed E-state index contributed by atoms with van der Waals surface area (Å²) in [4.78, 5) is 11.7. The largest absolute Gasteiger partial charge is 0.497 e. The van der Waals surface area contributed by atoms with Crippen LogP contribution in [0.15, 0.2) is 54.7 Å². The molecule has 0 aliphatic heterocycles. The van der Waals surface area contributed by atoms with Crippen LogP contribution in [0.3, 0.4) is 0 Å². The fourth-order valence-corrected chi connectivity index (χ4v) is 1.69. The molecular weight excluding hydrogens is 266 g/mol. The minimum absolute atomic E-state index is 0.320. The van der Waals surface area contributed by atoms with Crippen LogP contribution < -0.4 is 21.1 Å². The third-order valence-electron chi connectivity index (χ3n) is 2.75. The van der Waals surface area contributed by atoms with Gasteiger partial charge in [-0.2, -0.15) is 0 Å². The second-order valence-electron chi connectivity index (χ2n) is 4.33. The van der Waals surface area contributed by atoms with Gasteiger partial charge in [-0.1, -0.05) is 12.1 Å². The molecule has 0 atom stereocenters. The predicted octanol–water partition coefficient (Wildman–Crippen LogP) is 3.07. The van der Waals surface area contributed by atoms with Gasteiger partial charge in [0.25, 0.3) is 0 Å². The maximum atomic E-state index is 11.7. The van der Waals surface area contributed by atoms with Crippen LogP contribution >= 0.6 is 0 Å². The minimum Gasteiger partial charge on any atom is -0.497 e. The molecule has 2 amide bonds.